The number of pyridine rings is 1. The van der Waals surface area contributed by atoms with Gasteiger partial charge in [-0.3, -0.25) is 0 Å². The van der Waals surface area contributed by atoms with Crippen molar-refractivity contribution in [3.63, 3.8) is 0 Å². The second-order valence-electron chi connectivity index (χ2n) is 6.64. The Morgan fingerprint density at radius 1 is 1.14 bits per heavy atom. The van der Waals surface area contributed by atoms with E-state index >= 15 is 0 Å². The standard InChI is InChI=1S/C18H22ClN3/c19-18-15(12-20-13-8-9-13)17(22-10-4-1-5-11-22)14-6-2-3-7-16(14)21-18/h2-3,6-7,13,20H,1,4-5,8-12H2/p+2. The van der Waals surface area contributed by atoms with Crippen LogP contribution in [-0.4, -0.2) is 19.1 Å². The molecule has 116 valence electrons. The van der Waals surface area contributed by atoms with E-state index in [9.17, 15) is 0 Å². The minimum atomic E-state index is 0.816. The molecule has 1 aromatic carbocycles. The number of anilines is 1. The van der Waals surface area contributed by atoms with Crippen molar-refractivity contribution in [2.24, 2.45) is 0 Å². The van der Waals surface area contributed by atoms with E-state index in [1.54, 1.807) is 0 Å². The highest BCUT2D eigenvalue weighted by atomic mass is 35.5. The first-order valence-electron chi connectivity index (χ1n) is 8.53. The van der Waals surface area contributed by atoms with Crippen LogP contribution in [0.4, 0.5) is 5.69 Å². The number of quaternary nitrogens is 1. The summed E-state index contributed by atoms with van der Waals surface area (Å²) < 4.78 is 0. The zero-order valence-corrected chi connectivity index (χ0v) is 13.7. The third-order valence-electron chi connectivity index (χ3n) is 4.93. The molecule has 2 fully saturated rings. The van der Waals surface area contributed by atoms with Gasteiger partial charge in [0, 0.05) is 32.0 Å². The fourth-order valence-electron chi connectivity index (χ4n) is 3.54. The van der Waals surface area contributed by atoms with Gasteiger partial charge in [-0.05, 0) is 36.9 Å². The van der Waals surface area contributed by atoms with E-state index in [0.29, 0.717) is 0 Å². The van der Waals surface area contributed by atoms with Gasteiger partial charge in [0.1, 0.15) is 12.1 Å². The van der Waals surface area contributed by atoms with Crippen LogP contribution in [0, 0.1) is 0 Å². The molecule has 0 bridgehead atoms. The molecule has 1 aromatic heterocycles. The molecule has 0 unspecified atom stereocenters. The number of nitrogens with one attached hydrogen (secondary N) is 1. The molecule has 0 amide bonds. The zero-order chi connectivity index (χ0) is 14.9. The highest BCUT2D eigenvalue weighted by Crippen LogP contribution is 2.33. The minimum absolute atomic E-state index is 0.816. The van der Waals surface area contributed by atoms with Crippen LogP contribution in [0.1, 0.15) is 37.7 Å². The normalized spacial score (nSPS) is 18.9. The number of halogens is 1. The Kier molecular flexibility index (Phi) is 3.93. The number of benzene rings is 1. The van der Waals surface area contributed by atoms with Gasteiger partial charge in [0.05, 0.1) is 17.1 Å². The number of aromatic nitrogens is 1. The molecule has 1 aliphatic carbocycles. The smallest absolute Gasteiger partial charge is 0.284 e. The second kappa shape index (κ2) is 6.05. The summed E-state index contributed by atoms with van der Waals surface area (Å²) in [6.07, 6.45) is 6.64. The summed E-state index contributed by atoms with van der Waals surface area (Å²) in [6, 6.07) is 9.38. The molecule has 1 saturated heterocycles. The summed E-state index contributed by atoms with van der Waals surface area (Å²) in [7, 11) is 0. The lowest BCUT2D eigenvalue weighted by molar-refractivity contribution is -0.684. The number of rotatable bonds is 4. The van der Waals surface area contributed by atoms with Gasteiger partial charge in [0.15, 0.2) is 0 Å². The first kappa shape index (κ1) is 14.3. The lowest BCUT2D eigenvalue weighted by Crippen LogP contribution is -2.84. The summed E-state index contributed by atoms with van der Waals surface area (Å²) in [5, 5.41) is 4.58. The number of hydrogen-bond acceptors (Lipinski definition) is 1. The molecule has 4 rings (SSSR count). The van der Waals surface area contributed by atoms with Crippen LogP contribution in [0.15, 0.2) is 24.3 Å². The maximum Gasteiger partial charge on any atom is 0.284 e. The molecule has 0 atom stereocenters. The van der Waals surface area contributed by atoms with Crippen LogP contribution in [-0.2, 0) is 6.54 Å². The lowest BCUT2D eigenvalue weighted by atomic mass is 10.0. The predicted molar refractivity (Wildman–Crippen MR) is 90.2 cm³/mol. The third kappa shape index (κ3) is 2.80. The zero-order valence-electron chi connectivity index (χ0n) is 12.9. The van der Waals surface area contributed by atoms with Gasteiger partial charge in [-0.2, -0.15) is 4.98 Å². The molecule has 2 aliphatic rings. The van der Waals surface area contributed by atoms with Gasteiger partial charge in [-0.15, -0.1) is 0 Å². The summed E-state index contributed by atoms with van der Waals surface area (Å²) in [6.45, 7) is 3.29. The van der Waals surface area contributed by atoms with Crippen LogP contribution in [0.2, 0.25) is 5.15 Å². The number of fused-ring (bicyclic) bond motifs is 1. The Morgan fingerprint density at radius 2 is 1.91 bits per heavy atom. The van der Waals surface area contributed by atoms with Crippen molar-refractivity contribution in [3.8, 4) is 0 Å². The maximum atomic E-state index is 6.63. The maximum absolute atomic E-state index is 6.63. The van der Waals surface area contributed by atoms with Crippen LogP contribution in [0.25, 0.3) is 10.9 Å². The number of nitrogens with two attached hydrogens (primary N) is 1. The molecule has 1 aliphatic heterocycles. The van der Waals surface area contributed by atoms with Gasteiger partial charge in [-0.1, -0.05) is 12.1 Å². The highest BCUT2D eigenvalue weighted by Gasteiger charge is 2.29. The fraction of sp³-hybridized carbons (Fsp3) is 0.500. The number of H-pyrrole nitrogens is 1. The van der Waals surface area contributed by atoms with Crippen molar-refractivity contribution in [2.75, 3.05) is 18.0 Å². The average Bonchev–Trinajstić information content (AvgIpc) is 3.37. The first-order valence-corrected chi connectivity index (χ1v) is 8.91. The molecule has 2 heterocycles. The van der Waals surface area contributed by atoms with E-state index in [-0.39, 0.29) is 0 Å². The van der Waals surface area contributed by atoms with Crippen LogP contribution in [0.3, 0.4) is 0 Å². The monoisotopic (exact) mass is 317 g/mol. The molecule has 3 nitrogen and oxygen atoms in total. The predicted octanol–water partition coefficient (Wildman–Crippen LogP) is 2.52. The SMILES string of the molecule is Clc1[nH+]c2ccccc2c(N2CCCCC2)c1C[NH2+]C1CC1. The van der Waals surface area contributed by atoms with Crippen LogP contribution < -0.4 is 15.2 Å². The van der Waals surface area contributed by atoms with E-state index in [1.165, 1.54) is 48.7 Å². The summed E-state index contributed by atoms with van der Waals surface area (Å²) in [5.41, 5.74) is 3.80. The van der Waals surface area contributed by atoms with Crippen molar-refractivity contribution in [1.29, 1.82) is 0 Å². The number of para-hydroxylation sites is 1. The molecule has 2 aromatic rings. The van der Waals surface area contributed by atoms with Crippen molar-refractivity contribution in [2.45, 2.75) is 44.7 Å². The van der Waals surface area contributed by atoms with E-state index in [4.69, 9.17) is 11.6 Å². The Balaban J connectivity index is 1.80. The van der Waals surface area contributed by atoms with Crippen LogP contribution in [0.5, 0.6) is 0 Å². The van der Waals surface area contributed by atoms with Gasteiger partial charge >= 0.3 is 0 Å². The Bertz CT molecular complexity index is 675. The lowest BCUT2D eigenvalue weighted by Gasteiger charge is -2.30. The molecule has 0 spiro atoms. The first-order chi connectivity index (χ1) is 10.8. The highest BCUT2D eigenvalue weighted by molar-refractivity contribution is 6.30. The van der Waals surface area contributed by atoms with E-state index in [1.807, 2.05) is 0 Å². The summed E-state index contributed by atoms with van der Waals surface area (Å²) in [5.74, 6) is 0. The van der Waals surface area contributed by atoms with E-state index in [0.717, 1.165) is 36.3 Å². The molecule has 0 radical (unpaired) electrons. The van der Waals surface area contributed by atoms with Crippen molar-refractivity contribution < 1.29 is 10.3 Å². The quantitative estimate of drug-likeness (QED) is 0.864. The van der Waals surface area contributed by atoms with Crippen molar-refractivity contribution in [3.05, 3.63) is 35.0 Å². The molecule has 4 heteroatoms. The molecule has 1 saturated carbocycles. The third-order valence-corrected chi connectivity index (χ3v) is 5.25. The number of aromatic amines is 1. The number of piperidine rings is 1. The van der Waals surface area contributed by atoms with Gasteiger partial charge in [-0.25, -0.2) is 0 Å². The van der Waals surface area contributed by atoms with Gasteiger partial charge in [0.25, 0.3) is 5.15 Å². The number of hydrogen-bond donors (Lipinski definition) is 1. The molecule has 22 heavy (non-hydrogen) atoms. The Hall–Kier alpha value is -1.32. The topological polar surface area (TPSA) is 34.0 Å². The molecular formula is C18H24ClN3+2. The largest absolute Gasteiger partial charge is 0.370 e. The summed E-state index contributed by atoms with van der Waals surface area (Å²) >= 11 is 6.63. The van der Waals surface area contributed by atoms with Crippen LogP contribution >= 0.6 is 11.6 Å². The average molecular weight is 318 g/mol. The fourth-order valence-corrected chi connectivity index (χ4v) is 3.81. The number of nitrogens with zero attached hydrogens (tertiary/aromatic N) is 1. The van der Waals surface area contributed by atoms with Crippen molar-refractivity contribution >= 4 is 28.2 Å². The Labute approximate surface area is 136 Å². The van der Waals surface area contributed by atoms with Crippen molar-refractivity contribution in [1.82, 2.24) is 0 Å². The van der Waals surface area contributed by atoms with E-state index < -0.39 is 0 Å². The van der Waals surface area contributed by atoms with Gasteiger partial charge < -0.3 is 10.2 Å². The molecule has 3 N–H and O–H groups in total. The van der Waals surface area contributed by atoms with Gasteiger partial charge in [0.2, 0.25) is 5.52 Å². The van der Waals surface area contributed by atoms with E-state index in [2.05, 4.69) is 39.5 Å². The second-order valence-corrected chi connectivity index (χ2v) is 7.01. The summed E-state index contributed by atoms with van der Waals surface area (Å²) in [4.78, 5) is 5.96. The minimum Gasteiger partial charge on any atom is -0.370 e. The Morgan fingerprint density at radius 3 is 2.68 bits per heavy atom. The molecular weight excluding hydrogens is 294 g/mol.